The SMILES string of the molecule is O=S(=O)(c1ccc2c(c1)OCCO2)N1CCN(c2nc(-c3cccnc3)nc3sc4c(c23)CCCC4)CC1. The average molecular weight is 550 g/mol. The third-order valence-corrected chi connectivity index (χ3v) is 10.5. The van der Waals surface area contributed by atoms with Crippen molar-refractivity contribution in [2.75, 3.05) is 44.3 Å². The van der Waals surface area contributed by atoms with Crippen LogP contribution in [0, 0.1) is 0 Å². The number of aryl methyl sites for hydroxylation is 2. The summed E-state index contributed by atoms with van der Waals surface area (Å²) in [5.41, 5.74) is 2.25. The topological polar surface area (TPSA) is 97.8 Å². The lowest BCUT2D eigenvalue weighted by Crippen LogP contribution is -2.49. The Morgan fingerprint density at radius 2 is 1.74 bits per heavy atom. The molecule has 2 aliphatic heterocycles. The first kappa shape index (κ1) is 23.8. The van der Waals surface area contributed by atoms with Gasteiger partial charge in [0.1, 0.15) is 23.9 Å². The third kappa shape index (κ3) is 4.09. The van der Waals surface area contributed by atoms with Gasteiger partial charge in [0.25, 0.3) is 0 Å². The summed E-state index contributed by atoms with van der Waals surface area (Å²) in [6.07, 6.45) is 8.03. The molecule has 7 rings (SSSR count). The number of ether oxygens (including phenoxy) is 2. The van der Waals surface area contributed by atoms with Crippen molar-refractivity contribution >= 4 is 37.4 Å². The maximum absolute atomic E-state index is 13.5. The van der Waals surface area contributed by atoms with E-state index in [9.17, 15) is 8.42 Å². The molecule has 0 atom stereocenters. The lowest BCUT2D eigenvalue weighted by Gasteiger charge is -2.35. The number of hydrogen-bond acceptors (Lipinski definition) is 9. The van der Waals surface area contributed by atoms with Crippen LogP contribution < -0.4 is 14.4 Å². The van der Waals surface area contributed by atoms with Gasteiger partial charge in [-0.15, -0.1) is 11.3 Å². The van der Waals surface area contributed by atoms with Gasteiger partial charge in [0.2, 0.25) is 10.0 Å². The molecule has 0 saturated carbocycles. The van der Waals surface area contributed by atoms with Crippen LogP contribution in [-0.2, 0) is 22.9 Å². The minimum Gasteiger partial charge on any atom is -0.486 e. The normalized spacial score (nSPS) is 17.9. The number of nitrogens with zero attached hydrogens (tertiary/aromatic N) is 5. The molecule has 5 heterocycles. The number of sulfonamides is 1. The molecule has 1 aliphatic carbocycles. The summed E-state index contributed by atoms with van der Waals surface area (Å²) in [7, 11) is -3.67. The fourth-order valence-corrected chi connectivity index (χ4v) is 8.16. The molecule has 11 heteroatoms. The molecular formula is C27H27N5O4S2. The number of aromatic nitrogens is 3. The Kier molecular flexibility index (Phi) is 5.94. The number of fused-ring (bicyclic) bond motifs is 4. The summed E-state index contributed by atoms with van der Waals surface area (Å²) >= 11 is 1.77. The van der Waals surface area contributed by atoms with Crippen LogP contribution in [0.15, 0.2) is 47.6 Å². The zero-order valence-corrected chi connectivity index (χ0v) is 22.4. The van der Waals surface area contributed by atoms with Crippen molar-refractivity contribution in [2.24, 2.45) is 0 Å². The van der Waals surface area contributed by atoms with Crippen LogP contribution in [-0.4, -0.2) is 67.1 Å². The molecule has 0 bridgehead atoms. The Morgan fingerprint density at radius 1 is 0.921 bits per heavy atom. The summed E-state index contributed by atoms with van der Waals surface area (Å²) < 4.78 is 39.7. The standard InChI is InChI=1S/C27H27N5O4S2/c33-38(34,19-7-8-21-22(16-19)36-15-14-35-21)32-12-10-31(11-13-32)26-24-20-5-1-2-6-23(20)37-27(24)30-25(29-26)18-4-3-9-28-17-18/h3-4,7-9,16-17H,1-2,5-6,10-15H2. The van der Waals surface area contributed by atoms with Crippen LogP contribution in [0.25, 0.3) is 21.6 Å². The quantitative estimate of drug-likeness (QED) is 0.378. The average Bonchev–Trinajstić information content (AvgIpc) is 3.35. The maximum Gasteiger partial charge on any atom is 0.243 e. The van der Waals surface area contributed by atoms with E-state index in [2.05, 4.69) is 9.88 Å². The minimum atomic E-state index is -3.67. The lowest BCUT2D eigenvalue weighted by atomic mass is 9.97. The van der Waals surface area contributed by atoms with Crippen LogP contribution >= 0.6 is 11.3 Å². The predicted molar refractivity (Wildman–Crippen MR) is 146 cm³/mol. The molecule has 38 heavy (non-hydrogen) atoms. The predicted octanol–water partition coefficient (Wildman–Crippen LogP) is 3.91. The third-order valence-electron chi connectivity index (χ3n) is 7.40. The first-order chi connectivity index (χ1) is 18.6. The summed E-state index contributed by atoms with van der Waals surface area (Å²) in [4.78, 5) is 19.1. The summed E-state index contributed by atoms with van der Waals surface area (Å²) in [6, 6.07) is 8.71. The molecule has 3 aromatic heterocycles. The largest absolute Gasteiger partial charge is 0.486 e. The van der Waals surface area contributed by atoms with E-state index in [-0.39, 0.29) is 4.90 Å². The molecule has 1 fully saturated rings. The van der Waals surface area contributed by atoms with E-state index in [1.807, 2.05) is 12.1 Å². The van der Waals surface area contributed by atoms with Gasteiger partial charge in [-0.2, -0.15) is 4.31 Å². The fraction of sp³-hybridized carbons (Fsp3) is 0.370. The van der Waals surface area contributed by atoms with Crippen molar-refractivity contribution in [2.45, 2.75) is 30.6 Å². The first-order valence-electron chi connectivity index (χ1n) is 13.0. The number of benzene rings is 1. The van der Waals surface area contributed by atoms with Crippen LogP contribution in [0.1, 0.15) is 23.3 Å². The van der Waals surface area contributed by atoms with Crippen molar-refractivity contribution in [3.63, 3.8) is 0 Å². The molecule has 0 spiro atoms. The Morgan fingerprint density at radius 3 is 2.55 bits per heavy atom. The number of piperazine rings is 1. The molecule has 3 aliphatic rings. The van der Waals surface area contributed by atoms with E-state index in [0.29, 0.717) is 56.7 Å². The molecule has 196 valence electrons. The molecule has 0 unspecified atom stereocenters. The Hall–Kier alpha value is -3.28. The van der Waals surface area contributed by atoms with E-state index in [4.69, 9.17) is 19.4 Å². The second-order valence-corrected chi connectivity index (χ2v) is 12.7. The second kappa shape index (κ2) is 9.48. The van der Waals surface area contributed by atoms with E-state index in [1.54, 1.807) is 46.2 Å². The van der Waals surface area contributed by atoms with Gasteiger partial charge in [-0.1, -0.05) is 0 Å². The van der Waals surface area contributed by atoms with Crippen molar-refractivity contribution in [1.82, 2.24) is 19.3 Å². The van der Waals surface area contributed by atoms with Gasteiger partial charge in [0.15, 0.2) is 17.3 Å². The van der Waals surface area contributed by atoms with E-state index in [1.165, 1.54) is 23.3 Å². The van der Waals surface area contributed by atoms with Gasteiger partial charge < -0.3 is 14.4 Å². The fourth-order valence-electron chi connectivity index (χ4n) is 5.46. The molecule has 9 nitrogen and oxygen atoms in total. The van der Waals surface area contributed by atoms with Crippen molar-refractivity contribution in [3.8, 4) is 22.9 Å². The van der Waals surface area contributed by atoms with Crippen molar-refractivity contribution in [3.05, 3.63) is 53.2 Å². The highest BCUT2D eigenvalue weighted by Gasteiger charge is 2.32. The smallest absolute Gasteiger partial charge is 0.243 e. The molecular weight excluding hydrogens is 522 g/mol. The molecule has 1 aromatic carbocycles. The van der Waals surface area contributed by atoms with E-state index < -0.39 is 10.0 Å². The summed E-state index contributed by atoms with van der Waals surface area (Å²) in [6.45, 7) is 2.72. The zero-order valence-electron chi connectivity index (χ0n) is 20.8. The number of pyridine rings is 1. The highest BCUT2D eigenvalue weighted by Crippen LogP contribution is 2.41. The lowest BCUT2D eigenvalue weighted by molar-refractivity contribution is 0.171. The first-order valence-corrected chi connectivity index (χ1v) is 15.2. The van der Waals surface area contributed by atoms with Gasteiger partial charge in [-0.05, 0) is 55.5 Å². The van der Waals surface area contributed by atoms with Crippen LogP contribution in [0.3, 0.4) is 0 Å². The second-order valence-electron chi connectivity index (χ2n) is 9.70. The molecule has 0 radical (unpaired) electrons. The van der Waals surface area contributed by atoms with Crippen LogP contribution in [0.4, 0.5) is 5.82 Å². The van der Waals surface area contributed by atoms with Gasteiger partial charge in [0.05, 0.1) is 10.3 Å². The highest BCUT2D eigenvalue weighted by molar-refractivity contribution is 7.89. The molecule has 4 aromatic rings. The highest BCUT2D eigenvalue weighted by atomic mass is 32.2. The van der Waals surface area contributed by atoms with Crippen molar-refractivity contribution < 1.29 is 17.9 Å². The van der Waals surface area contributed by atoms with Gasteiger partial charge in [-0.25, -0.2) is 18.4 Å². The van der Waals surface area contributed by atoms with Crippen molar-refractivity contribution in [1.29, 1.82) is 0 Å². The summed E-state index contributed by atoms with van der Waals surface area (Å²) in [5, 5.41) is 1.14. The van der Waals surface area contributed by atoms with E-state index in [0.717, 1.165) is 34.4 Å². The van der Waals surface area contributed by atoms with Crippen LogP contribution in [0.2, 0.25) is 0 Å². The monoisotopic (exact) mass is 549 g/mol. The molecule has 1 saturated heterocycles. The molecule has 0 N–H and O–H groups in total. The maximum atomic E-state index is 13.5. The van der Waals surface area contributed by atoms with E-state index >= 15 is 0 Å². The van der Waals surface area contributed by atoms with Gasteiger partial charge in [-0.3, -0.25) is 4.98 Å². The molecule has 0 amide bonds. The van der Waals surface area contributed by atoms with Gasteiger partial charge in [0, 0.05) is 55.1 Å². The number of thiophene rings is 1. The Labute approximate surface area is 225 Å². The Balaban J connectivity index is 1.20. The minimum absolute atomic E-state index is 0.227. The van der Waals surface area contributed by atoms with Gasteiger partial charge >= 0.3 is 0 Å². The number of rotatable bonds is 4. The summed E-state index contributed by atoms with van der Waals surface area (Å²) in [5.74, 6) is 2.62. The number of hydrogen-bond donors (Lipinski definition) is 0. The van der Waals surface area contributed by atoms with Crippen LogP contribution in [0.5, 0.6) is 11.5 Å². The number of anilines is 1. The zero-order chi connectivity index (χ0) is 25.7. The Bertz CT molecular complexity index is 1620.